The van der Waals surface area contributed by atoms with E-state index in [1.807, 2.05) is 39.0 Å². The van der Waals surface area contributed by atoms with Crippen LogP contribution in [0.2, 0.25) is 0 Å². The van der Waals surface area contributed by atoms with Gasteiger partial charge in [-0.05, 0) is 56.5 Å². The highest BCUT2D eigenvalue weighted by molar-refractivity contribution is 5.90. The lowest BCUT2D eigenvalue weighted by atomic mass is 9.92. The van der Waals surface area contributed by atoms with Gasteiger partial charge in [0.1, 0.15) is 0 Å². The molecule has 0 aliphatic carbocycles. The van der Waals surface area contributed by atoms with Gasteiger partial charge in [0.2, 0.25) is 5.75 Å². The number of nitrogens with zero attached hydrogens (tertiary/aromatic N) is 1. The fourth-order valence-corrected chi connectivity index (χ4v) is 3.95. The Morgan fingerprint density at radius 3 is 2.19 bits per heavy atom. The van der Waals surface area contributed by atoms with Crippen LogP contribution in [0.25, 0.3) is 0 Å². The highest BCUT2D eigenvalue weighted by atomic mass is 16.5. The minimum atomic E-state index is -0.241. The van der Waals surface area contributed by atoms with Crippen molar-refractivity contribution in [3.05, 3.63) is 40.7 Å². The number of nitrogens with one attached hydrogen (secondary N) is 2. The van der Waals surface area contributed by atoms with Gasteiger partial charge in [-0.3, -0.25) is 4.98 Å². The Morgan fingerprint density at radius 2 is 1.66 bits per heavy atom. The second kappa shape index (κ2) is 12.2. The van der Waals surface area contributed by atoms with Crippen molar-refractivity contribution in [2.75, 3.05) is 33.2 Å². The van der Waals surface area contributed by atoms with Crippen LogP contribution in [0.4, 0.5) is 10.5 Å². The Bertz CT molecular complexity index is 866. The van der Waals surface area contributed by atoms with E-state index in [1.54, 1.807) is 21.3 Å². The molecule has 32 heavy (non-hydrogen) atoms. The first kappa shape index (κ1) is 25.3. The van der Waals surface area contributed by atoms with Crippen LogP contribution in [0.3, 0.4) is 0 Å². The molecule has 0 aliphatic rings. The highest BCUT2D eigenvalue weighted by Gasteiger charge is 2.20. The maximum absolute atomic E-state index is 12.7. The Balaban J connectivity index is 2.20. The number of aromatic nitrogens is 1. The van der Waals surface area contributed by atoms with Crippen molar-refractivity contribution in [3.63, 3.8) is 0 Å². The predicted molar refractivity (Wildman–Crippen MR) is 128 cm³/mol. The molecule has 0 aliphatic heterocycles. The maximum Gasteiger partial charge on any atom is 0.319 e. The lowest BCUT2D eigenvalue weighted by Gasteiger charge is -2.22. The molecule has 0 bridgehead atoms. The van der Waals surface area contributed by atoms with Crippen LogP contribution in [-0.2, 0) is 0 Å². The number of carbonyl (C=O) groups is 1. The SMILES string of the molecule is CCCCCC(CNC(=O)Nc1c(C)cc(C)nc1C)c1cc(OC)c(OC)c(OC)c1. The fourth-order valence-electron chi connectivity index (χ4n) is 3.95. The number of aryl methyl sites for hydroxylation is 3. The molecule has 1 aromatic carbocycles. The molecule has 0 saturated heterocycles. The van der Waals surface area contributed by atoms with E-state index in [-0.39, 0.29) is 11.9 Å². The van der Waals surface area contributed by atoms with Crippen LogP contribution < -0.4 is 24.8 Å². The summed E-state index contributed by atoms with van der Waals surface area (Å²) in [6, 6.07) is 5.66. The van der Waals surface area contributed by atoms with Gasteiger partial charge in [0.25, 0.3) is 0 Å². The van der Waals surface area contributed by atoms with E-state index in [4.69, 9.17) is 14.2 Å². The van der Waals surface area contributed by atoms with Crippen molar-refractivity contribution < 1.29 is 19.0 Å². The van der Waals surface area contributed by atoms with Crippen molar-refractivity contribution in [2.24, 2.45) is 0 Å². The number of unbranched alkanes of at least 4 members (excludes halogenated alkanes) is 2. The third-order valence-electron chi connectivity index (χ3n) is 5.59. The number of methoxy groups -OCH3 is 3. The van der Waals surface area contributed by atoms with Crippen LogP contribution in [-0.4, -0.2) is 38.9 Å². The second-order valence-electron chi connectivity index (χ2n) is 8.03. The molecule has 1 heterocycles. The van der Waals surface area contributed by atoms with Gasteiger partial charge in [-0.15, -0.1) is 0 Å². The first-order chi connectivity index (χ1) is 15.3. The smallest absolute Gasteiger partial charge is 0.319 e. The molecular weight excluding hydrogens is 406 g/mol. The predicted octanol–water partition coefficient (Wildman–Crippen LogP) is 5.52. The van der Waals surface area contributed by atoms with Gasteiger partial charge in [-0.1, -0.05) is 26.2 Å². The Hall–Kier alpha value is -2.96. The van der Waals surface area contributed by atoms with Crippen molar-refractivity contribution >= 4 is 11.7 Å². The second-order valence-corrected chi connectivity index (χ2v) is 8.03. The zero-order valence-corrected chi connectivity index (χ0v) is 20.4. The van der Waals surface area contributed by atoms with Crippen molar-refractivity contribution in [2.45, 2.75) is 59.3 Å². The quantitative estimate of drug-likeness (QED) is 0.447. The number of amides is 2. The lowest BCUT2D eigenvalue weighted by molar-refractivity contribution is 0.251. The summed E-state index contributed by atoms with van der Waals surface area (Å²) in [5.41, 5.74) is 4.53. The van der Waals surface area contributed by atoms with E-state index >= 15 is 0 Å². The zero-order valence-electron chi connectivity index (χ0n) is 20.4. The van der Waals surface area contributed by atoms with E-state index in [1.165, 1.54) is 0 Å². The molecule has 7 nitrogen and oxygen atoms in total. The first-order valence-corrected chi connectivity index (χ1v) is 11.1. The van der Waals surface area contributed by atoms with Gasteiger partial charge in [0, 0.05) is 18.2 Å². The van der Waals surface area contributed by atoms with Crippen LogP contribution in [0.5, 0.6) is 17.2 Å². The number of ether oxygens (including phenoxy) is 3. The van der Waals surface area contributed by atoms with Crippen molar-refractivity contribution in [1.82, 2.24) is 10.3 Å². The van der Waals surface area contributed by atoms with Crippen molar-refractivity contribution in [1.29, 1.82) is 0 Å². The largest absolute Gasteiger partial charge is 0.493 e. The van der Waals surface area contributed by atoms with E-state index in [9.17, 15) is 4.79 Å². The van der Waals surface area contributed by atoms with E-state index in [0.29, 0.717) is 23.8 Å². The van der Waals surface area contributed by atoms with E-state index < -0.39 is 0 Å². The average Bonchev–Trinajstić information content (AvgIpc) is 2.77. The molecule has 1 aromatic heterocycles. The first-order valence-electron chi connectivity index (χ1n) is 11.1. The molecular formula is C25H37N3O4. The minimum Gasteiger partial charge on any atom is -0.493 e. The van der Waals surface area contributed by atoms with Crippen LogP contribution in [0, 0.1) is 20.8 Å². The number of benzene rings is 1. The number of carbonyl (C=O) groups excluding carboxylic acids is 1. The molecule has 2 aromatic rings. The highest BCUT2D eigenvalue weighted by Crippen LogP contribution is 2.40. The Labute approximate surface area is 191 Å². The standard InChI is InChI=1S/C25H37N3O4/c1-8-9-10-11-19(20-13-21(30-5)24(32-7)22(14-20)31-6)15-26-25(29)28-23-16(2)12-17(3)27-18(23)4/h12-14,19H,8-11,15H2,1-7H3,(H2,26,28,29). The van der Waals surface area contributed by atoms with Crippen LogP contribution in [0.15, 0.2) is 18.2 Å². The molecule has 1 atom stereocenters. The summed E-state index contributed by atoms with van der Waals surface area (Å²) in [6.45, 7) is 8.49. The molecule has 176 valence electrons. The van der Waals surface area contributed by atoms with E-state index in [0.717, 1.165) is 53.9 Å². The lowest BCUT2D eigenvalue weighted by Crippen LogP contribution is -2.33. The Morgan fingerprint density at radius 1 is 1.00 bits per heavy atom. The Kier molecular flexibility index (Phi) is 9.62. The fraction of sp³-hybridized carbons (Fsp3) is 0.520. The summed E-state index contributed by atoms with van der Waals surface area (Å²) in [7, 11) is 4.81. The molecule has 2 amide bonds. The maximum atomic E-state index is 12.7. The zero-order chi connectivity index (χ0) is 23.7. The summed E-state index contributed by atoms with van der Waals surface area (Å²) < 4.78 is 16.5. The summed E-state index contributed by atoms with van der Waals surface area (Å²) in [6.07, 6.45) is 4.29. The molecule has 2 N–H and O–H groups in total. The summed E-state index contributed by atoms with van der Waals surface area (Å²) in [5, 5.41) is 6.00. The molecule has 0 radical (unpaired) electrons. The summed E-state index contributed by atoms with van der Waals surface area (Å²) >= 11 is 0. The molecule has 0 fully saturated rings. The number of hydrogen-bond acceptors (Lipinski definition) is 5. The molecule has 7 heteroatoms. The summed E-state index contributed by atoms with van der Waals surface area (Å²) in [4.78, 5) is 17.1. The number of urea groups is 1. The van der Waals surface area contributed by atoms with Gasteiger partial charge in [0.15, 0.2) is 11.5 Å². The number of anilines is 1. The van der Waals surface area contributed by atoms with E-state index in [2.05, 4.69) is 22.5 Å². The van der Waals surface area contributed by atoms with Gasteiger partial charge in [0.05, 0.1) is 32.7 Å². The van der Waals surface area contributed by atoms with Crippen LogP contribution >= 0.6 is 0 Å². The summed E-state index contributed by atoms with van der Waals surface area (Å²) in [5.74, 6) is 1.90. The minimum absolute atomic E-state index is 0.111. The van der Waals surface area contributed by atoms with Gasteiger partial charge in [-0.25, -0.2) is 4.79 Å². The van der Waals surface area contributed by atoms with Gasteiger partial charge < -0.3 is 24.8 Å². The average molecular weight is 444 g/mol. The topological polar surface area (TPSA) is 81.7 Å². The third kappa shape index (κ3) is 6.52. The van der Waals surface area contributed by atoms with Gasteiger partial charge in [-0.2, -0.15) is 0 Å². The molecule has 1 unspecified atom stereocenters. The number of hydrogen-bond donors (Lipinski definition) is 2. The van der Waals surface area contributed by atoms with Crippen molar-refractivity contribution in [3.8, 4) is 17.2 Å². The third-order valence-corrected chi connectivity index (χ3v) is 5.59. The van der Waals surface area contributed by atoms with Crippen LogP contribution in [0.1, 0.15) is 61.0 Å². The molecule has 0 saturated carbocycles. The molecule has 2 rings (SSSR count). The molecule has 0 spiro atoms. The number of rotatable bonds is 11. The monoisotopic (exact) mass is 443 g/mol. The number of pyridine rings is 1. The normalized spacial score (nSPS) is 11.6. The van der Waals surface area contributed by atoms with Gasteiger partial charge >= 0.3 is 6.03 Å².